The highest BCUT2D eigenvalue weighted by molar-refractivity contribution is 5.96. The predicted molar refractivity (Wildman–Crippen MR) is 99.4 cm³/mol. The van der Waals surface area contributed by atoms with Crippen LogP contribution in [0.5, 0.6) is 0 Å². The van der Waals surface area contributed by atoms with Crippen LogP contribution in [0.1, 0.15) is 31.4 Å². The summed E-state index contributed by atoms with van der Waals surface area (Å²) in [5.74, 6) is -1.46. The number of anilines is 2. The van der Waals surface area contributed by atoms with Crippen molar-refractivity contribution in [3.05, 3.63) is 59.7 Å². The summed E-state index contributed by atoms with van der Waals surface area (Å²) >= 11 is 0. The molecule has 0 saturated carbocycles. The first-order chi connectivity index (χ1) is 12.9. The van der Waals surface area contributed by atoms with E-state index in [9.17, 15) is 18.4 Å². The lowest BCUT2D eigenvalue weighted by molar-refractivity contribution is -0.117. The van der Waals surface area contributed by atoms with Gasteiger partial charge in [0.15, 0.2) is 0 Å². The van der Waals surface area contributed by atoms with Gasteiger partial charge in [0.2, 0.25) is 11.8 Å². The number of rotatable bonds is 6. The van der Waals surface area contributed by atoms with Crippen LogP contribution in [-0.2, 0) is 9.59 Å². The van der Waals surface area contributed by atoms with Crippen molar-refractivity contribution in [1.29, 1.82) is 0 Å². The van der Waals surface area contributed by atoms with Crippen LogP contribution >= 0.6 is 0 Å². The standard InChI is InChI=1S/C20H21F2N3O2/c1-13(17-9-4-14(21)11-18(17)22)23-12-19(26)24-15-5-7-16(8-6-15)25-10-2-3-20(25)27/h4-9,11,13,23H,2-3,10,12H2,1H3,(H,24,26). The summed E-state index contributed by atoms with van der Waals surface area (Å²) in [6.07, 6.45) is 1.42. The maximum atomic E-state index is 13.8. The molecular weight excluding hydrogens is 352 g/mol. The maximum absolute atomic E-state index is 13.8. The van der Waals surface area contributed by atoms with Gasteiger partial charge in [0.05, 0.1) is 6.54 Å². The third-order valence-electron chi connectivity index (χ3n) is 4.53. The zero-order valence-electron chi connectivity index (χ0n) is 15.0. The van der Waals surface area contributed by atoms with Gasteiger partial charge in [-0.3, -0.25) is 9.59 Å². The molecule has 1 aliphatic rings. The molecule has 1 saturated heterocycles. The molecule has 2 aromatic carbocycles. The second-order valence-electron chi connectivity index (χ2n) is 6.51. The second kappa shape index (κ2) is 8.26. The van der Waals surface area contributed by atoms with E-state index >= 15 is 0 Å². The topological polar surface area (TPSA) is 61.4 Å². The Morgan fingerprint density at radius 2 is 1.93 bits per heavy atom. The summed E-state index contributed by atoms with van der Waals surface area (Å²) in [7, 11) is 0. The predicted octanol–water partition coefficient (Wildman–Crippen LogP) is 3.38. The van der Waals surface area contributed by atoms with E-state index in [0.29, 0.717) is 24.2 Å². The van der Waals surface area contributed by atoms with Crippen molar-refractivity contribution in [1.82, 2.24) is 5.32 Å². The molecule has 27 heavy (non-hydrogen) atoms. The fraction of sp³-hybridized carbons (Fsp3) is 0.300. The number of carbonyl (C=O) groups excluding carboxylic acids is 2. The Morgan fingerprint density at radius 3 is 2.56 bits per heavy atom. The van der Waals surface area contributed by atoms with Crippen molar-refractivity contribution in [2.24, 2.45) is 0 Å². The highest BCUT2D eigenvalue weighted by atomic mass is 19.1. The fourth-order valence-corrected chi connectivity index (χ4v) is 3.06. The lowest BCUT2D eigenvalue weighted by Crippen LogP contribution is -2.30. The van der Waals surface area contributed by atoms with Crippen LogP contribution in [0.3, 0.4) is 0 Å². The molecule has 0 bridgehead atoms. The number of halogens is 2. The van der Waals surface area contributed by atoms with Crippen LogP contribution in [0, 0.1) is 11.6 Å². The largest absolute Gasteiger partial charge is 0.325 e. The molecule has 1 heterocycles. The van der Waals surface area contributed by atoms with Crippen LogP contribution in [0.25, 0.3) is 0 Å². The Kier molecular flexibility index (Phi) is 5.81. The first kappa shape index (κ1) is 19.0. The first-order valence-corrected chi connectivity index (χ1v) is 8.82. The van der Waals surface area contributed by atoms with Crippen LogP contribution in [0.4, 0.5) is 20.2 Å². The molecule has 5 nitrogen and oxygen atoms in total. The number of nitrogens with zero attached hydrogens (tertiary/aromatic N) is 1. The molecule has 1 unspecified atom stereocenters. The summed E-state index contributed by atoms with van der Waals surface area (Å²) < 4.78 is 26.7. The van der Waals surface area contributed by atoms with E-state index < -0.39 is 17.7 Å². The minimum absolute atomic E-state index is 0.0235. The van der Waals surface area contributed by atoms with Gasteiger partial charge in [0, 0.05) is 42.0 Å². The van der Waals surface area contributed by atoms with E-state index in [0.717, 1.165) is 18.2 Å². The molecule has 2 amide bonds. The third-order valence-corrected chi connectivity index (χ3v) is 4.53. The number of nitrogens with one attached hydrogen (secondary N) is 2. The van der Waals surface area contributed by atoms with Crippen molar-refractivity contribution < 1.29 is 18.4 Å². The van der Waals surface area contributed by atoms with E-state index in [4.69, 9.17) is 0 Å². The zero-order chi connectivity index (χ0) is 19.4. The molecule has 0 spiro atoms. The highest BCUT2D eigenvalue weighted by Gasteiger charge is 2.21. The van der Waals surface area contributed by atoms with Gasteiger partial charge in [-0.15, -0.1) is 0 Å². The Bertz CT molecular complexity index is 840. The SMILES string of the molecule is CC(NCC(=O)Nc1ccc(N2CCCC2=O)cc1)c1ccc(F)cc1F. The molecule has 3 rings (SSSR count). The van der Waals surface area contributed by atoms with Crippen molar-refractivity contribution in [2.75, 3.05) is 23.3 Å². The highest BCUT2D eigenvalue weighted by Crippen LogP contribution is 2.23. The van der Waals surface area contributed by atoms with Crippen molar-refractivity contribution in [3.63, 3.8) is 0 Å². The third kappa shape index (κ3) is 4.68. The summed E-state index contributed by atoms with van der Waals surface area (Å²) in [5.41, 5.74) is 1.72. The Morgan fingerprint density at radius 1 is 1.19 bits per heavy atom. The van der Waals surface area contributed by atoms with E-state index in [-0.39, 0.29) is 18.4 Å². The molecule has 2 N–H and O–H groups in total. The van der Waals surface area contributed by atoms with Gasteiger partial charge in [0.25, 0.3) is 0 Å². The molecule has 0 aliphatic carbocycles. The van der Waals surface area contributed by atoms with E-state index in [2.05, 4.69) is 10.6 Å². The quantitative estimate of drug-likeness (QED) is 0.816. The number of benzene rings is 2. The maximum Gasteiger partial charge on any atom is 0.238 e. The van der Waals surface area contributed by atoms with E-state index in [1.54, 1.807) is 36.1 Å². The van der Waals surface area contributed by atoms with Crippen LogP contribution in [-0.4, -0.2) is 24.9 Å². The first-order valence-electron chi connectivity index (χ1n) is 8.82. The van der Waals surface area contributed by atoms with Gasteiger partial charge >= 0.3 is 0 Å². The Hall–Kier alpha value is -2.80. The number of amides is 2. The summed E-state index contributed by atoms with van der Waals surface area (Å²) in [6.45, 7) is 2.39. The fourth-order valence-electron chi connectivity index (χ4n) is 3.06. The summed E-state index contributed by atoms with van der Waals surface area (Å²) in [6, 6.07) is 9.98. The van der Waals surface area contributed by atoms with Gasteiger partial charge < -0.3 is 15.5 Å². The number of hydrogen-bond donors (Lipinski definition) is 2. The average Bonchev–Trinajstić information content (AvgIpc) is 3.06. The average molecular weight is 373 g/mol. The molecule has 1 aliphatic heterocycles. The van der Waals surface area contributed by atoms with E-state index in [1.165, 1.54) is 12.1 Å². The molecular formula is C20H21F2N3O2. The molecule has 0 aromatic heterocycles. The minimum atomic E-state index is -0.651. The number of carbonyl (C=O) groups is 2. The van der Waals surface area contributed by atoms with Crippen molar-refractivity contribution in [2.45, 2.75) is 25.8 Å². The molecule has 7 heteroatoms. The van der Waals surface area contributed by atoms with Gasteiger partial charge in [-0.25, -0.2) is 8.78 Å². The molecule has 0 radical (unpaired) electrons. The monoisotopic (exact) mass is 373 g/mol. The van der Waals surface area contributed by atoms with Gasteiger partial charge in [-0.05, 0) is 43.7 Å². The van der Waals surface area contributed by atoms with Crippen LogP contribution in [0.15, 0.2) is 42.5 Å². The van der Waals surface area contributed by atoms with Gasteiger partial charge in [0.1, 0.15) is 11.6 Å². The van der Waals surface area contributed by atoms with Gasteiger partial charge in [-0.1, -0.05) is 6.07 Å². The summed E-state index contributed by atoms with van der Waals surface area (Å²) in [5, 5.41) is 5.66. The Labute approximate surface area is 156 Å². The van der Waals surface area contributed by atoms with E-state index in [1.807, 2.05) is 0 Å². The van der Waals surface area contributed by atoms with Crippen LogP contribution < -0.4 is 15.5 Å². The van der Waals surface area contributed by atoms with Crippen LogP contribution in [0.2, 0.25) is 0 Å². The molecule has 1 fully saturated rings. The lowest BCUT2D eigenvalue weighted by atomic mass is 10.1. The van der Waals surface area contributed by atoms with Crippen molar-refractivity contribution in [3.8, 4) is 0 Å². The minimum Gasteiger partial charge on any atom is -0.325 e. The second-order valence-corrected chi connectivity index (χ2v) is 6.51. The lowest BCUT2D eigenvalue weighted by Gasteiger charge is -2.17. The smallest absolute Gasteiger partial charge is 0.238 e. The molecule has 2 aromatic rings. The Balaban J connectivity index is 1.52. The van der Waals surface area contributed by atoms with Crippen molar-refractivity contribution >= 4 is 23.2 Å². The normalized spacial score (nSPS) is 15.1. The van der Waals surface area contributed by atoms with Gasteiger partial charge in [-0.2, -0.15) is 0 Å². The zero-order valence-corrected chi connectivity index (χ0v) is 15.0. The number of hydrogen-bond acceptors (Lipinski definition) is 3. The summed E-state index contributed by atoms with van der Waals surface area (Å²) in [4.78, 5) is 25.6. The molecule has 1 atom stereocenters. The molecule has 142 valence electrons.